The topological polar surface area (TPSA) is 73.1 Å². The predicted molar refractivity (Wildman–Crippen MR) is 93.7 cm³/mol. The quantitative estimate of drug-likeness (QED) is 0.627. The lowest BCUT2D eigenvalue weighted by atomic mass is 10.2. The number of hydrogen-bond donors (Lipinski definition) is 0. The Balaban J connectivity index is 1.63. The molecule has 7 heteroatoms. The van der Waals surface area contributed by atoms with Crippen molar-refractivity contribution in [3.05, 3.63) is 60.2 Å². The van der Waals surface area contributed by atoms with E-state index in [9.17, 15) is 8.42 Å². The number of hydrogen-bond acceptors (Lipinski definition) is 6. The van der Waals surface area contributed by atoms with Gasteiger partial charge in [0.25, 0.3) is 5.22 Å². The van der Waals surface area contributed by atoms with Gasteiger partial charge in [-0.15, -0.1) is 10.2 Å². The molecule has 3 aromatic rings. The molecule has 24 heavy (non-hydrogen) atoms. The Morgan fingerprint density at radius 2 is 1.71 bits per heavy atom. The molecule has 0 unspecified atom stereocenters. The fourth-order valence-electron chi connectivity index (χ4n) is 2.13. The molecule has 1 heterocycles. The maximum absolute atomic E-state index is 11.5. The number of rotatable bonds is 6. The van der Waals surface area contributed by atoms with Crippen LogP contribution in [0.5, 0.6) is 0 Å². The van der Waals surface area contributed by atoms with Gasteiger partial charge in [0.1, 0.15) is 0 Å². The summed E-state index contributed by atoms with van der Waals surface area (Å²) in [7, 11) is -3.21. The average Bonchev–Trinajstić information content (AvgIpc) is 3.04. The van der Waals surface area contributed by atoms with Crippen LogP contribution in [0.4, 0.5) is 0 Å². The lowest BCUT2D eigenvalue weighted by Gasteiger charge is -1.99. The van der Waals surface area contributed by atoms with Gasteiger partial charge in [-0.2, -0.15) is 0 Å². The number of aryl methyl sites for hydroxylation is 1. The second-order valence-corrected chi connectivity index (χ2v) is 8.32. The number of thioether (sulfide) groups is 1. The lowest BCUT2D eigenvalue weighted by molar-refractivity contribution is 0.466. The zero-order chi connectivity index (χ0) is 17.0. The van der Waals surface area contributed by atoms with Crippen LogP contribution in [0.3, 0.4) is 0 Å². The highest BCUT2D eigenvalue weighted by atomic mass is 32.2. The van der Waals surface area contributed by atoms with Crippen molar-refractivity contribution < 1.29 is 12.8 Å². The molecule has 0 spiro atoms. The minimum absolute atomic E-state index is 0.267. The number of benzene rings is 2. The Labute approximate surface area is 145 Å². The van der Waals surface area contributed by atoms with Gasteiger partial charge < -0.3 is 4.42 Å². The fourth-order valence-corrected chi connectivity index (χ4v) is 3.51. The van der Waals surface area contributed by atoms with Gasteiger partial charge in [0.15, 0.2) is 9.84 Å². The Bertz CT molecular complexity index is 905. The summed E-state index contributed by atoms with van der Waals surface area (Å²) in [5.74, 6) is 1.23. The van der Waals surface area contributed by atoms with Crippen molar-refractivity contribution in [3.63, 3.8) is 0 Å². The van der Waals surface area contributed by atoms with Crippen LogP contribution in [0.1, 0.15) is 5.56 Å². The van der Waals surface area contributed by atoms with Crippen LogP contribution < -0.4 is 0 Å². The van der Waals surface area contributed by atoms with Crippen molar-refractivity contribution >= 4 is 21.6 Å². The van der Waals surface area contributed by atoms with Crippen molar-refractivity contribution in [2.45, 2.75) is 16.5 Å². The normalized spacial score (nSPS) is 11.5. The molecule has 0 saturated heterocycles. The van der Waals surface area contributed by atoms with Crippen LogP contribution in [0.2, 0.25) is 0 Å². The molecule has 1 aromatic heterocycles. The van der Waals surface area contributed by atoms with Gasteiger partial charge in [-0.3, -0.25) is 0 Å². The largest absolute Gasteiger partial charge is 0.411 e. The van der Waals surface area contributed by atoms with Crippen LogP contribution in [0.25, 0.3) is 11.5 Å². The second-order valence-electron chi connectivity index (χ2n) is 5.25. The molecule has 0 N–H and O–H groups in total. The van der Waals surface area contributed by atoms with E-state index in [4.69, 9.17) is 4.42 Å². The van der Waals surface area contributed by atoms with Gasteiger partial charge in [0.2, 0.25) is 5.89 Å². The van der Waals surface area contributed by atoms with E-state index in [-0.39, 0.29) is 4.90 Å². The highest BCUT2D eigenvalue weighted by Gasteiger charge is 2.11. The third-order valence-corrected chi connectivity index (χ3v) is 5.34. The van der Waals surface area contributed by atoms with E-state index in [1.165, 1.54) is 35.7 Å². The molecule has 5 nitrogen and oxygen atoms in total. The highest BCUT2D eigenvalue weighted by Crippen LogP contribution is 2.24. The van der Waals surface area contributed by atoms with E-state index in [1.54, 1.807) is 12.1 Å². The molecular formula is C17H16N2O3S2. The minimum Gasteiger partial charge on any atom is -0.411 e. The fraction of sp³-hybridized carbons (Fsp3) is 0.176. The van der Waals surface area contributed by atoms with Gasteiger partial charge in [-0.05, 0) is 36.2 Å². The molecule has 0 aliphatic carbocycles. The predicted octanol–water partition coefficient (Wildman–Crippen LogP) is 3.47. The SMILES string of the molecule is CS(=O)(=O)c1ccc(-c2nnc(SCCc3ccccc3)o2)cc1. The smallest absolute Gasteiger partial charge is 0.276 e. The summed E-state index contributed by atoms with van der Waals surface area (Å²) in [6.07, 6.45) is 2.10. The molecule has 0 saturated carbocycles. The number of sulfone groups is 1. The summed E-state index contributed by atoms with van der Waals surface area (Å²) >= 11 is 1.50. The third kappa shape index (κ3) is 4.24. The van der Waals surface area contributed by atoms with E-state index in [1.807, 2.05) is 18.2 Å². The van der Waals surface area contributed by atoms with Crippen LogP contribution in [0.15, 0.2) is 69.1 Å². The van der Waals surface area contributed by atoms with Gasteiger partial charge in [0, 0.05) is 17.6 Å². The summed E-state index contributed by atoms with van der Waals surface area (Å²) in [5.41, 5.74) is 1.96. The zero-order valence-electron chi connectivity index (χ0n) is 13.0. The highest BCUT2D eigenvalue weighted by molar-refractivity contribution is 7.99. The van der Waals surface area contributed by atoms with Gasteiger partial charge in [-0.25, -0.2) is 8.42 Å². The summed E-state index contributed by atoms with van der Waals surface area (Å²) < 4.78 is 28.6. The second kappa shape index (κ2) is 7.19. The molecule has 0 aliphatic rings. The van der Waals surface area contributed by atoms with Crippen molar-refractivity contribution in [1.82, 2.24) is 10.2 Å². The molecule has 0 aliphatic heterocycles. The summed E-state index contributed by atoms with van der Waals surface area (Å²) in [5, 5.41) is 8.55. The first-order chi connectivity index (χ1) is 11.5. The van der Waals surface area contributed by atoms with Crippen molar-refractivity contribution in [3.8, 4) is 11.5 Å². The molecule has 0 bridgehead atoms. The Kier molecular flexibility index (Phi) is 5.01. The Morgan fingerprint density at radius 1 is 1.00 bits per heavy atom. The van der Waals surface area contributed by atoms with Crippen molar-refractivity contribution in [2.24, 2.45) is 0 Å². The molecule has 0 atom stereocenters. The van der Waals surface area contributed by atoms with E-state index in [0.29, 0.717) is 16.7 Å². The molecule has 3 rings (SSSR count). The van der Waals surface area contributed by atoms with E-state index in [2.05, 4.69) is 22.3 Å². The summed E-state index contributed by atoms with van der Waals surface area (Å²) in [6, 6.07) is 16.6. The molecule has 2 aromatic carbocycles. The maximum atomic E-state index is 11.5. The van der Waals surface area contributed by atoms with Gasteiger partial charge in [-0.1, -0.05) is 42.1 Å². The molecule has 0 amide bonds. The monoisotopic (exact) mass is 360 g/mol. The lowest BCUT2D eigenvalue weighted by Crippen LogP contribution is -1.96. The van der Waals surface area contributed by atoms with E-state index >= 15 is 0 Å². The first-order valence-electron chi connectivity index (χ1n) is 7.33. The summed E-state index contributed by atoms with van der Waals surface area (Å²) in [6.45, 7) is 0. The van der Waals surface area contributed by atoms with E-state index in [0.717, 1.165) is 12.2 Å². The Morgan fingerprint density at radius 3 is 2.38 bits per heavy atom. The molecule has 124 valence electrons. The number of nitrogens with zero attached hydrogens (tertiary/aromatic N) is 2. The maximum Gasteiger partial charge on any atom is 0.276 e. The molecule has 0 fully saturated rings. The summed E-state index contributed by atoms with van der Waals surface area (Å²) in [4.78, 5) is 0.267. The van der Waals surface area contributed by atoms with Crippen LogP contribution in [-0.4, -0.2) is 30.6 Å². The standard InChI is InChI=1S/C17H16N2O3S2/c1-24(20,21)15-9-7-14(8-10-15)16-18-19-17(22-16)23-12-11-13-5-3-2-4-6-13/h2-10H,11-12H2,1H3. The van der Waals surface area contributed by atoms with Crippen molar-refractivity contribution in [1.29, 1.82) is 0 Å². The van der Waals surface area contributed by atoms with Crippen LogP contribution >= 0.6 is 11.8 Å². The number of aromatic nitrogens is 2. The van der Waals surface area contributed by atoms with Crippen LogP contribution in [-0.2, 0) is 16.3 Å². The average molecular weight is 360 g/mol. The van der Waals surface area contributed by atoms with Crippen LogP contribution in [0, 0.1) is 0 Å². The van der Waals surface area contributed by atoms with E-state index < -0.39 is 9.84 Å². The first-order valence-corrected chi connectivity index (χ1v) is 10.2. The first kappa shape index (κ1) is 16.7. The minimum atomic E-state index is -3.21. The third-order valence-electron chi connectivity index (χ3n) is 3.39. The van der Waals surface area contributed by atoms with Gasteiger partial charge >= 0.3 is 0 Å². The molecule has 0 radical (unpaired) electrons. The zero-order valence-corrected chi connectivity index (χ0v) is 14.7. The molecular weight excluding hydrogens is 344 g/mol. The Hall–Kier alpha value is -2.12. The van der Waals surface area contributed by atoms with Gasteiger partial charge in [0.05, 0.1) is 4.90 Å². The van der Waals surface area contributed by atoms with Crippen molar-refractivity contribution in [2.75, 3.05) is 12.0 Å².